The van der Waals surface area contributed by atoms with Crippen molar-refractivity contribution >= 4 is 44.8 Å². The van der Waals surface area contributed by atoms with Crippen molar-refractivity contribution in [1.82, 2.24) is 0 Å². The molecule has 0 aliphatic carbocycles. The van der Waals surface area contributed by atoms with Crippen molar-refractivity contribution in [3.05, 3.63) is 51.7 Å². The van der Waals surface area contributed by atoms with Crippen LogP contribution < -0.4 is 15.8 Å². The number of carbonyl (C=O) groups excluding carboxylic acids is 1. The molecule has 0 unspecified atom stereocenters. The third-order valence-corrected chi connectivity index (χ3v) is 3.43. The molecular weight excluding hydrogens is 363 g/mol. The van der Waals surface area contributed by atoms with Crippen LogP contribution in [0.2, 0.25) is 5.02 Å². The van der Waals surface area contributed by atoms with Gasteiger partial charge in [0, 0.05) is 11.1 Å². The van der Waals surface area contributed by atoms with Crippen LogP contribution in [-0.2, 0) is 4.79 Å². The van der Waals surface area contributed by atoms with Crippen LogP contribution in [0.4, 0.5) is 15.8 Å². The molecule has 0 radical (unpaired) electrons. The van der Waals surface area contributed by atoms with Gasteiger partial charge in [0.15, 0.2) is 6.61 Å². The minimum atomic E-state index is -0.466. The average molecular weight is 374 g/mol. The molecule has 0 aromatic heterocycles. The van der Waals surface area contributed by atoms with E-state index in [-0.39, 0.29) is 12.4 Å². The molecule has 0 aliphatic heterocycles. The standard InChI is InChI=1S/C14H11BrClFN2O2/c15-10-3-2-9(6-11(10)17)21-7-14(20)19-13-5-8(16)1-4-12(13)18/h1-6H,7,18H2,(H,19,20). The number of halogens is 3. The summed E-state index contributed by atoms with van der Waals surface area (Å²) in [6.45, 7) is -0.271. The van der Waals surface area contributed by atoms with Crippen LogP contribution in [0, 0.1) is 5.82 Å². The number of nitrogen functional groups attached to an aromatic ring is 1. The van der Waals surface area contributed by atoms with E-state index in [1.54, 1.807) is 18.2 Å². The van der Waals surface area contributed by atoms with Gasteiger partial charge in [-0.3, -0.25) is 4.79 Å². The van der Waals surface area contributed by atoms with Crippen LogP contribution in [0.15, 0.2) is 40.9 Å². The Kier molecular flexibility index (Phi) is 5.03. The molecule has 1 amide bonds. The van der Waals surface area contributed by atoms with E-state index in [9.17, 15) is 9.18 Å². The molecule has 0 saturated heterocycles. The van der Waals surface area contributed by atoms with Crippen molar-refractivity contribution < 1.29 is 13.9 Å². The number of ether oxygens (including phenoxy) is 1. The van der Waals surface area contributed by atoms with Gasteiger partial charge in [-0.1, -0.05) is 11.6 Å². The number of benzene rings is 2. The zero-order valence-electron chi connectivity index (χ0n) is 10.7. The van der Waals surface area contributed by atoms with E-state index < -0.39 is 11.7 Å². The Balaban J connectivity index is 1.95. The van der Waals surface area contributed by atoms with Crippen molar-refractivity contribution in [3.8, 4) is 5.75 Å². The van der Waals surface area contributed by atoms with Crippen molar-refractivity contribution in [2.45, 2.75) is 0 Å². The number of nitrogens with two attached hydrogens (primary N) is 1. The summed E-state index contributed by atoms with van der Waals surface area (Å²) in [7, 11) is 0. The Bertz CT molecular complexity index is 682. The van der Waals surface area contributed by atoms with Crippen LogP contribution in [0.1, 0.15) is 0 Å². The van der Waals surface area contributed by atoms with Crippen LogP contribution in [0.3, 0.4) is 0 Å². The molecule has 7 heteroatoms. The Morgan fingerprint density at radius 1 is 1.33 bits per heavy atom. The highest BCUT2D eigenvalue weighted by Crippen LogP contribution is 2.23. The van der Waals surface area contributed by atoms with Gasteiger partial charge in [-0.15, -0.1) is 0 Å². The molecule has 110 valence electrons. The molecule has 2 aromatic carbocycles. The van der Waals surface area contributed by atoms with E-state index in [2.05, 4.69) is 21.2 Å². The van der Waals surface area contributed by atoms with Crippen molar-refractivity contribution in [3.63, 3.8) is 0 Å². The predicted octanol–water partition coefficient (Wildman–Crippen LogP) is 3.84. The van der Waals surface area contributed by atoms with Gasteiger partial charge in [0.25, 0.3) is 5.91 Å². The van der Waals surface area contributed by atoms with E-state index in [1.165, 1.54) is 18.2 Å². The van der Waals surface area contributed by atoms with E-state index in [0.717, 1.165) is 0 Å². The number of carbonyl (C=O) groups is 1. The minimum Gasteiger partial charge on any atom is -0.484 e. The van der Waals surface area contributed by atoms with Gasteiger partial charge in [0.2, 0.25) is 0 Å². The zero-order valence-corrected chi connectivity index (χ0v) is 13.0. The monoisotopic (exact) mass is 372 g/mol. The van der Waals surface area contributed by atoms with E-state index in [1.807, 2.05) is 0 Å². The zero-order chi connectivity index (χ0) is 15.4. The van der Waals surface area contributed by atoms with Crippen LogP contribution in [0.25, 0.3) is 0 Å². The average Bonchev–Trinajstić information content (AvgIpc) is 2.44. The SMILES string of the molecule is Nc1ccc(Cl)cc1NC(=O)COc1ccc(Br)c(F)c1. The van der Waals surface area contributed by atoms with Crippen LogP contribution in [-0.4, -0.2) is 12.5 Å². The summed E-state index contributed by atoms with van der Waals surface area (Å²) in [6.07, 6.45) is 0. The smallest absolute Gasteiger partial charge is 0.262 e. The maximum Gasteiger partial charge on any atom is 0.262 e. The highest BCUT2D eigenvalue weighted by Gasteiger charge is 2.08. The molecule has 0 saturated carbocycles. The highest BCUT2D eigenvalue weighted by atomic mass is 79.9. The number of rotatable bonds is 4. The second-order valence-electron chi connectivity index (χ2n) is 4.14. The fraction of sp³-hybridized carbons (Fsp3) is 0.0714. The summed E-state index contributed by atoms with van der Waals surface area (Å²) in [4.78, 5) is 11.8. The van der Waals surface area contributed by atoms with Gasteiger partial charge < -0.3 is 15.8 Å². The normalized spacial score (nSPS) is 10.2. The molecule has 21 heavy (non-hydrogen) atoms. The molecular formula is C14H11BrClFN2O2. The summed E-state index contributed by atoms with van der Waals surface area (Å²) in [5.41, 5.74) is 6.50. The number of nitrogens with one attached hydrogen (secondary N) is 1. The van der Waals surface area contributed by atoms with Gasteiger partial charge in [0.1, 0.15) is 11.6 Å². The molecule has 4 nitrogen and oxygen atoms in total. The van der Waals surface area contributed by atoms with E-state index in [4.69, 9.17) is 22.1 Å². The molecule has 3 N–H and O–H groups in total. The minimum absolute atomic E-state index is 0.255. The van der Waals surface area contributed by atoms with Gasteiger partial charge >= 0.3 is 0 Å². The Hall–Kier alpha value is -1.79. The number of anilines is 2. The second-order valence-corrected chi connectivity index (χ2v) is 5.44. The lowest BCUT2D eigenvalue weighted by Crippen LogP contribution is -2.20. The number of amides is 1. The summed E-state index contributed by atoms with van der Waals surface area (Å²) >= 11 is 8.85. The third kappa shape index (κ3) is 4.34. The predicted molar refractivity (Wildman–Crippen MR) is 84.1 cm³/mol. The Morgan fingerprint density at radius 2 is 2.10 bits per heavy atom. The highest BCUT2D eigenvalue weighted by molar-refractivity contribution is 9.10. The Labute approximate surface area is 134 Å². The largest absolute Gasteiger partial charge is 0.484 e. The third-order valence-electron chi connectivity index (χ3n) is 2.55. The first-order valence-corrected chi connectivity index (χ1v) is 7.05. The summed E-state index contributed by atoms with van der Waals surface area (Å²) in [5, 5.41) is 3.02. The molecule has 0 aliphatic rings. The summed E-state index contributed by atoms with van der Waals surface area (Å²) < 4.78 is 18.8. The lowest BCUT2D eigenvalue weighted by molar-refractivity contribution is -0.118. The first kappa shape index (κ1) is 15.6. The fourth-order valence-electron chi connectivity index (χ4n) is 1.54. The molecule has 0 heterocycles. The van der Waals surface area contributed by atoms with Crippen LogP contribution >= 0.6 is 27.5 Å². The second kappa shape index (κ2) is 6.78. The van der Waals surface area contributed by atoms with Crippen molar-refractivity contribution in [2.75, 3.05) is 17.7 Å². The van der Waals surface area contributed by atoms with Gasteiger partial charge in [-0.2, -0.15) is 0 Å². The van der Waals surface area contributed by atoms with Gasteiger partial charge in [-0.25, -0.2) is 4.39 Å². The molecule has 0 bridgehead atoms. The van der Waals surface area contributed by atoms with E-state index >= 15 is 0 Å². The molecule has 2 aromatic rings. The first-order valence-electron chi connectivity index (χ1n) is 5.88. The molecule has 0 atom stereocenters. The first-order chi connectivity index (χ1) is 9.95. The quantitative estimate of drug-likeness (QED) is 0.800. The Morgan fingerprint density at radius 3 is 2.81 bits per heavy atom. The molecule has 0 spiro atoms. The van der Waals surface area contributed by atoms with Crippen molar-refractivity contribution in [2.24, 2.45) is 0 Å². The summed E-state index contributed by atoms with van der Waals surface area (Å²) in [6, 6.07) is 8.97. The van der Waals surface area contributed by atoms with E-state index in [0.29, 0.717) is 20.9 Å². The topological polar surface area (TPSA) is 64.3 Å². The molecule has 0 fully saturated rings. The molecule has 2 rings (SSSR count). The number of hydrogen-bond acceptors (Lipinski definition) is 3. The lowest BCUT2D eigenvalue weighted by Gasteiger charge is -2.10. The van der Waals surface area contributed by atoms with Gasteiger partial charge in [-0.05, 0) is 46.3 Å². The van der Waals surface area contributed by atoms with Crippen molar-refractivity contribution in [1.29, 1.82) is 0 Å². The number of hydrogen-bond donors (Lipinski definition) is 2. The fourth-order valence-corrected chi connectivity index (χ4v) is 1.96. The summed E-state index contributed by atoms with van der Waals surface area (Å²) in [5.74, 6) is -0.635. The van der Waals surface area contributed by atoms with Crippen LogP contribution in [0.5, 0.6) is 5.75 Å². The maximum absolute atomic E-state index is 13.3. The lowest BCUT2D eigenvalue weighted by atomic mass is 10.2. The maximum atomic E-state index is 13.3. The van der Waals surface area contributed by atoms with Gasteiger partial charge in [0.05, 0.1) is 15.8 Å².